The molecule has 1 aromatic rings. The number of aliphatic imine (C=N–C) groups is 1. The lowest BCUT2D eigenvalue weighted by Gasteiger charge is -2.27. The molecule has 24 heavy (non-hydrogen) atoms. The molecule has 0 aromatic carbocycles. The largest absolute Gasteiger partial charge is 0.352 e. The van der Waals surface area contributed by atoms with E-state index in [4.69, 9.17) is 0 Å². The maximum absolute atomic E-state index is 11.7. The first-order valence-corrected chi connectivity index (χ1v) is 8.01. The van der Waals surface area contributed by atoms with Crippen LogP contribution >= 0.6 is 24.0 Å². The van der Waals surface area contributed by atoms with Crippen LogP contribution in [0.4, 0.5) is 0 Å². The smallest absolute Gasteiger partial charge is 0.241 e. The summed E-state index contributed by atoms with van der Waals surface area (Å²) in [5.74, 6) is 3.09. The molecule has 0 saturated heterocycles. The van der Waals surface area contributed by atoms with Crippen LogP contribution in [0.5, 0.6) is 0 Å². The molecule has 1 atom stereocenters. The average molecular weight is 449 g/mol. The second-order valence-corrected chi connectivity index (χ2v) is 6.33. The Kier molecular flexibility index (Phi) is 7.91. The van der Waals surface area contributed by atoms with Gasteiger partial charge in [0.25, 0.3) is 0 Å². The molecule has 1 aliphatic heterocycles. The van der Waals surface area contributed by atoms with Crippen molar-refractivity contribution in [1.82, 2.24) is 30.3 Å². The van der Waals surface area contributed by atoms with Crippen LogP contribution in [0.25, 0.3) is 0 Å². The number of likely N-dealkylation sites (N-methyl/N-ethyl adjacent to an activating group) is 1. The number of rotatable bonds is 4. The number of carbonyl (C=O) groups excluding carboxylic acids is 1. The van der Waals surface area contributed by atoms with Gasteiger partial charge < -0.3 is 20.1 Å². The molecule has 136 valence electrons. The number of hydrogen-bond acceptors (Lipinski definition) is 4. The van der Waals surface area contributed by atoms with Gasteiger partial charge in [0.05, 0.1) is 6.54 Å². The number of amides is 1. The van der Waals surface area contributed by atoms with Gasteiger partial charge in [0, 0.05) is 46.1 Å². The fraction of sp³-hybridized carbons (Fsp3) is 0.733. The first kappa shape index (κ1) is 20.7. The predicted octanol–water partition coefficient (Wildman–Crippen LogP) is 0.587. The number of guanidine groups is 1. The van der Waals surface area contributed by atoms with E-state index in [0.717, 1.165) is 31.0 Å². The Morgan fingerprint density at radius 3 is 2.71 bits per heavy atom. The van der Waals surface area contributed by atoms with Crippen LogP contribution in [0.3, 0.4) is 0 Å². The fourth-order valence-corrected chi connectivity index (χ4v) is 2.60. The summed E-state index contributed by atoms with van der Waals surface area (Å²) < 4.78 is 2.20. The van der Waals surface area contributed by atoms with Crippen molar-refractivity contribution in [3.05, 3.63) is 11.6 Å². The van der Waals surface area contributed by atoms with E-state index in [2.05, 4.69) is 44.2 Å². The number of nitrogens with one attached hydrogen (secondary N) is 2. The first-order chi connectivity index (χ1) is 10.9. The van der Waals surface area contributed by atoms with Gasteiger partial charge in [0.15, 0.2) is 5.96 Å². The SMILES string of the molecule is CN=C(NCC(=O)N(C)C)NC1CCc2nnc(C(C)C)n2C1.I. The van der Waals surface area contributed by atoms with Gasteiger partial charge >= 0.3 is 0 Å². The lowest BCUT2D eigenvalue weighted by Crippen LogP contribution is -2.49. The molecule has 8 nitrogen and oxygen atoms in total. The van der Waals surface area contributed by atoms with Crippen molar-refractivity contribution < 1.29 is 4.79 Å². The van der Waals surface area contributed by atoms with E-state index in [1.165, 1.54) is 0 Å². The third-order valence-corrected chi connectivity index (χ3v) is 3.96. The molecule has 9 heteroatoms. The topological polar surface area (TPSA) is 87.4 Å². The maximum atomic E-state index is 11.7. The highest BCUT2D eigenvalue weighted by Crippen LogP contribution is 2.19. The molecule has 0 aliphatic carbocycles. The lowest BCUT2D eigenvalue weighted by molar-refractivity contribution is -0.127. The molecule has 0 spiro atoms. The fourth-order valence-electron chi connectivity index (χ4n) is 2.60. The third kappa shape index (κ3) is 5.05. The van der Waals surface area contributed by atoms with Gasteiger partial charge in [-0.3, -0.25) is 9.79 Å². The van der Waals surface area contributed by atoms with E-state index in [-0.39, 0.29) is 42.5 Å². The van der Waals surface area contributed by atoms with Crippen molar-refractivity contribution in [1.29, 1.82) is 0 Å². The molecule has 1 aliphatic rings. The minimum atomic E-state index is 0. The summed E-state index contributed by atoms with van der Waals surface area (Å²) in [5, 5.41) is 15.0. The van der Waals surface area contributed by atoms with E-state index in [9.17, 15) is 4.79 Å². The highest BCUT2D eigenvalue weighted by atomic mass is 127. The van der Waals surface area contributed by atoms with Crippen LogP contribution in [0.1, 0.15) is 37.8 Å². The van der Waals surface area contributed by atoms with Gasteiger partial charge in [-0.25, -0.2) is 0 Å². The van der Waals surface area contributed by atoms with Crippen molar-refractivity contribution in [2.45, 2.75) is 45.2 Å². The summed E-state index contributed by atoms with van der Waals surface area (Å²) in [5.41, 5.74) is 0. The zero-order valence-electron chi connectivity index (χ0n) is 15.0. The van der Waals surface area contributed by atoms with Gasteiger partial charge in [0.1, 0.15) is 11.6 Å². The van der Waals surface area contributed by atoms with Crippen LogP contribution in [0, 0.1) is 0 Å². The Bertz CT molecular complexity index is 582. The predicted molar refractivity (Wildman–Crippen MR) is 105 cm³/mol. The summed E-state index contributed by atoms with van der Waals surface area (Å²) >= 11 is 0. The van der Waals surface area contributed by atoms with Gasteiger partial charge in [-0.1, -0.05) is 13.8 Å². The highest BCUT2D eigenvalue weighted by Gasteiger charge is 2.24. The molecule has 2 heterocycles. The van der Waals surface area contributed by atoms with Gasteiger partial charge in [-0.15, -0.1) is 34.2 Å². The maximum Gasteiger partial charge on any atom is 0.241 e. The van der Waals surface area contributed by atoms with E-state index >= 15 is 0 Å². The van der Waals surface area contributed by atoms with Gasteiger partial charge in [-0.05, 0) is 6.42 Å². The Morgan fingerprint density at radius 2 is 2.12 bits per heavy atom. The Labute approximate surface area is 160 Å². The van der Waals surface area contributed by atoms with Crippen molar-refractivity contribution >= 4 is 35.8 Å². The number of aryl methyl sites for hydroxylation is 1. The summed E-state index contributed by atoms with van der Waals surface area (Å²) in [6, 6.07) is 0.247. The Hall–Kier alpha value is -1.39. The number of fused-ring (bicyclic) bond motifs is 1. The quantitative estimate of drug-likeness (QED) is 0.399. The van der Waals surface area contributed by atoms with E-state index in [1.807, 2.05) is 0 Å². The standard InChI is InChI=1S/C15H27N7O.HI/c1-10(2)14-20-19-12-7-6-11(9-22(12)14)18-15(16-3)17-8-13(23)21(4)5;/h10-11H,6-9H2,1-5H3,(H2,16,17,18);1H. The zero-order valence-corrected chi connectivity index (χ0v) is 17.4. The van der Waals surface area contributed by atoms with Gasteiger partial charge in [0.2, 0.25) is 5.91 Å². The van der Waals surface area contributed by atoms with Crippen LogP contribution in [0.2, 0.25) is 0 Å². The second-order valence-electron chi connectivity index (χ2n) is 6.33. The minimum absolute atomic E-state index is 0. The number of hydrogen-bond donors (Lipinski definition) is 2. The van der Waals surface area contributed by atoms with Crippen molar-refractivity contribution in [3.63, 3.8) is 0 Å². The van der Waals surface area contributed by atoms with Crippen LogP contribution in [0.15, 0.2) is 4.99 Å². The van der Waals surface area contributed by atoms with Crippen LogP contribution < -0.4 is 10.6 Å². The Morgan fingerprint density at radius 1 is 1.42 bits per heavy atom. The molecule has 1 unspecified atom stereocenters. The molecule has 0 saturated carbocycles. The van der Waals surface area contributed by atoms with Crippen LogP contribution in [-0.2, 0) is 17.8 Å². The summed E-state index contributed by atoms with van der Waals surface area (Å²) in [7, 11) is 5.19. The van der Waals surface area contributed by atoms with Gasteiger partial charge in [-0.2, -0.15) is 0 Å². The molecule has 0 radical (unpaired) electrons. The molecular formula is C15H28IN7O. The van der Waals surface area contributed by atoms with Crippen molar-refractivity contribution in [3.8, 4) is 0 Å². The number of carbonyl (C=O) groups is 1. The lowest BCUT2D eigenvalue weighted by atomic mass is 10.1. The third-order valence-electron chi connectivity index (χ3n) is 3.96. The highest BCUT2D eigenvalue weighted by molar-refractivity contribution is 14.0. The van der Waals surface area contributed by atoms with Crippen LogP contribution in [-0.4, -0.2) is 65.3 Å². The van der Waals surface area contributed by atoms with Crippen molar-refractivity contribution in [2.75, 3.05) is 27.7 Å². The summed E-state index contributed by atoms with van der Waals surface area (Å²) in [6.07, 6.45) is 1.86. The van der Waals surface area contributed by atoms with E-state index in [1.54, 1.807) is 26.0 Å². The second kappa shape index (κ2) is 9.19. The molecule has 2 rings (SSSR count). The minimum Gasteiger partial charge on any atom is -0.352 e. The molecular weight excluding hydrogens is 421 g/mol. The number of aromatic nitrogens is 3. The zero-order chi connectivity index (χ0) is 17.0. The molecule has 2 N–H and O–H groups in total. The normalized spacial score (nSPS) is 17.1. The number of halogens is 1. The number of nitrogens with zero attached hydrogens (tertiary/aromatic N) is 5. The average Bonchev–Trinajstić information content (AvgIpc) is 2.94. The molecule has 1 amide bonds. The van der Waals surface area contributed by atoms with E-state index < -0.39 is 0 Å². The monoisotopic (exact) mass is 449 g/mol. The molecule has 0 bridgehead atoms. The van der Waals surface area contributed by atoms with E-state index in [0.29, 0.717) is 11.9 Å². The molecule has 1 aromatic heterocycles. The first-order valence-electron chi connectivity index (χ1n) is 8.01. The summed E-state index contributed by atoms with van der Waals surface area (Å²) in [6.45, 7) is 5.30. The summed E-state index contributed by atoms with van der Waals surface area (Å²) in [4.78, 5) is 17.4. The van der Waals surface area contributed by atoms with Crippen molar-refractivity contribution in [2.24, 2.45) is 4.99 Å². The molecule has 0 fully saturated rings. The Balaban J connectivity index is 0.00000288.